The highest BCUT2D eigenvalue weighted by Gasteiger charge is 2.24. The fourth-order valence-corrected chi connectivity index (χ4v) is 2.56. The van der Waals surface area contributed by atoms with Gasteiger partial charge in [0.05, 0.1) is 11.6 Å². The van der Waals surface area contributed by atoms with Crippen LogP contribution in [-0.4, -0.2) is 15.5 Å². The molecule has 1 atom stereocenters. The van der Waals surface area contributed by atoms with Crippen molar-refractivity contribution in [1.82, 2.24) is 14.9 Å². The minimum Gasteiger partial charge on any atom is -0.338 e. The number of imidazole rings is 1. The van der Waals surface area contributed by atoms with Crippen molar-refractivity contribution >= 4 is 5.91 Å². The SMILES string of the molecule is Cn1ccnc1C(NC(=O)c1ccc(C#N)cc1)c1ccccc1F. The van der Waals surface area contributed by atoms with Gasteiger partial charge in [-0.25, -0.2) is 9.37 Å². The van der Waals surface area contributed by atoms with Gasteiger partial charge in [0.2, 0.25) is 0 Å². The van der Waals surface area contributed by atoms with Gasteiger partial charge in [-0.3, -0.25) is 4.79 Å². The molecule has 124 valence electrons. The summed E-state index contributed by atoms with van der Waals surface area (Å²) in [6.45, 7) is 0. The number of nitrogens with zero attached hydrogens (tertiary/aromatic N) is 3. The fourth-order valence-electron chi connectivity index (χ4n) is 2.56. The van der Waals surface area contributed by atoms with E-state index in [0.29, 0.717) is 22.5 Å². The summed E-state index contributed by atoms with van der Waals surface area (Å²) in [5, 5.41) is 11.7. The maximum absolute atomic E-state index is 14.3. The molecule has 0 saturated heterocycles. The Morgan fingerprint density at radius 1 is 1.24 bits per heavy atom. The lowest BCUT2D eigenvalue weighted by molar-refractivity contribution is 0.0940. The van der Waals surface area contributed by atoms with Crippen molar-refractivity contribution in [3.8, 4) is 6.07 Å². The smallest absolute Gasteiger partial charge is 0.252 e. The topological polar surface area (TPSA) is 70.7 Å². The number of nitrogens with one attached hydrogen (secondary N) is 1. The predicted molar refractivity (Wildman–Crippen MR) is 90.1 cm³/mol. The second kappa shape index (κ2) is 6.97. The van der Waals surface area contributed by atoms with Crippen LogP contribution in [0.2, 0.25) is 0 Å². The maximum atomic E-state index is 14.3. The first-order valence-electron chi connectivity index (χ1n) is 7.63. The molecule has 0 saturated carbocycles. The fraction of sp³-hybridized carbons (Fsp3) is 0.105. The second-order valence-electron chi connectivity index (χ2n) is 5.51. The molecular weight excluding hydrogens is 319 g/mol. The Kier molecular flexibility index (Phi) is 4.57. The maximum Gasteiger partial charge on any atom is 0.252 e. The van der Waals surface area contributed by atoms with Gasteiger partial charge in [-0.05, 0) is 30.3 Å². The number of hydrogen-bond acceptors (Lipinski definition) is 3. The largest absolute Gasteiger partial charge is 0.338 e. The van der Waals surface area contributed by atoms with Crippen LogP contribution in [0.1, 0.15) is 33.4 Å². The lowest BCUT2D eigenvalue weighted by Gasteiger charge is -2.19. The van der Waals surface area contributed by atoms with Crippen LogP contribution in [0.4, 0.5) is 4.39 Å². The molecule has 1 N–H and O–H groups in total. The molecular formula is C19H15FN4O. The number of halogens is 1. The average molecular weight is 334 g/mol. The Morgan fingerprint density at radius 3 is 2.56 bits per heavy atom. The molecule has 25 heavy (non-hydrogen) atoms. The molecule has 1 aromatic heterocycles. The Hall–Kier alpha value is -3.46. The molecule has 1 heterocycles. The molecule has 1 unspecified atom stereocenters. The summed E-state index contributed by atoms with van der Waals surface area (Å²) in [6, 6.07) is 13.8. The van der Waals surface area contributed by atoms with Crippen molar-refractivity contribution in [3.63, 3.8) is 0 Å². The number of amides is 1. The van der Waals surface area contributed by atoms with Crippen LogP contribution in [0, 0.1) is 17.1 Å². The summed E-state index contributed by atoms with van der Waals surface area (Å²) in [5.74, 6) is -0.275. The highest BCUT2D eigenvalue weighted by atomic mass is 19.1. The van der Waals surface area contributed by atoms with Crippen molar-refractivity contribution in [2.75, 3.05) is 0 Å². The lowest BCUT2D eigenvalue weighted by atomic mass is 10.0. The first kappa shape index (κ1) is 16.4. The Bertz CT molecular complexity index is 941. The molecule has 0 aliphatic carbocycles. The third-order valence-corrected chi connectivity index (χ3v) is 3.88. The Morgan fingerprint density at radius 2 is 1.96 bits per heavy atom. The standard InChI is InChI=1S/C19H15FN4O/c1-24-11-10-22-18(24)17(15-4-2-3-5-16(15)20)23-19(25)14-8-6-13(12-21)7-9-14/h2-11,17H,1H3,(H,23,25). The third kappa shape index (κ3) is 3.40. The number of hydrogen-bond donors (Lipinski definition) is 1. The van der Waals surface area contributed by atoms with Crippen LogP contribution in [0.15, 0.2) is 60.9 Å². The van der Waals surface area contributed by atoms with Gasteiger partial charge in [-0.1, -0.05) is 18.2 Å². The van der Waals surface area contributed by atoms with E-state index in [2.05, 4.69) is 10.3 Å². The normalized spacial score (nSPS) is 11.6. The quantitative estimate of drug-likeness (QED) is 0.797. The molecule has 0 aliphatic rings. The van der Waals surface area contributed by atoms with Crippen molar-refractivity contribution in [1.29, 1.82) is 5.26 Å². The van der Waals surface area contributed by atoms with E-state index in [1.807, 2.05) is 6.07 Å². The van der Waals surface area contributed by atoms with Gasteiger partial charge in [0.25, 0.3) is 5.91 Å². The molecule has 0 spiro atoms. The van der Waals surface area contributed by atoms with Crippen LogP contribution in [0.3, 0.4) is 0 Å². The molecule has 3 rings (SSSR count). The van der Waals surface area contributed by atoms with Gasteiger partial charge in [0, 0.05) is 30.6 Å². The zero-order chi connectivity index (χ0) is 17.8. The summed E-state index contributed by atoms with van der Waals surface area (Å²) >= 11 is 0. The number of carbonyl (C=O) groups excluding carboxylic acids is 1. The molecule has 0 fully saturated rings. The first-order valence-corrected chi connectivity index (χ1v) is 7.63. The van der Waals surface area contributed by atoms with Crippen LogP contribution in [0.25, 0.3) is 0 Å². The van der Waals surface area contributed by atoms with Gasteiger partial charge in [-0.2, -0.15) is 5.26 Å². The van der Waals surface area contributed by atoms with Crippen molar-refractivity contribution in [2.45, 2.75) is 6.04 Å². The molecule has 2 aromatic carbocycles. The lowest BCUT2D eigenvalue weighted by Crippen LogP contribution is -2.31. The molecule has 0 radical (unpaired) electrons. The minimum absolute atomic E-state index is 0.332. The van der Waals surface area contributed by atoms with E-state index in [-0.39, 0.29) is 5.91 Å². The van der Waals surface area contributed by atoms with Gasteiger partial charge >= 0.3 is 0 Å². The number of benzene rings is 2. The highest BCUT2D eigenvalue weighted by Crippen LogP contribution is 2.23. The number of rotatable bonds is 4. The van der Waals surface area contributed by atoms with E-state index in [1.54, 1.807) is 66.5 Å². The number of aryl methyl sites for hydroxylation is 1. The summed E-state index contributed by atoms with van der Waals surface area (Å²) < 4.78 is 16.0. The van der Waals surface area contributed by atoms with E-state index in [9.17, 15) is 9.18 Å². The monoisotopic (exact) mass is 334 g/mol. The highest BCUT2D eigenvalue weighted by molar-refractivity contribution is 5.94. The zero-order valence-corrected chi connectivity index (χ0v) is 13.5. The van der Waals surface area contributed by atoms with Crippen molar-refractivity contribution < 1.29 is 9.18 Å². The van der Waals surface area contributed by atoms with Crippen molar-refractivity contribution in [2.24, 2.45) is 7.05 Å². The van der Waals surface area contributed by atoms with E-state index >= 15 is 0 Å². The summed E-state index contributed by atoms with van der Waals surface area (Å²) in [4.78, 5) is 16.8. The van der Waals surface area contributed by atoms with Gasteiger partial charge < -0.3 is 9.88 Å². The Balaban J connectivity index is 1.95. The summed E-state index contributed by atoms with van der Waals surface area (Å²) in [7, 11) is 1.78. The molecule has 1 amide bonds. The summed E-state index contributed by atoms with van der Waals surface area (Å²) in [6.07, 6.45) is 3.33. The average Bonchev–Trinajstić information content (AvgIpc) is 3.06. The van der Waals surface area contributed by atoms with E-state index in [1.165, 1.54) is 6.07 Å². The van der Waals surface area contributed by atoms with E-state index < -0.39 is 11.9 Å². The molecule has 6 heteroatoms. The molecule has 3 aromatic rings. The van der Waals surface area contributed by atoms with E-state index in [0.717, 1.165) is 0 Å². The summed E-state index contributed by atoms with van der Waals surface area (Å²) in [5.41, 5.74) is 1.18. The predicted octanol–water partition coefficient (Wildman–Crippen LogP) is 2.95. The van der Waals surface area contributed by atoms with Gasteiger partial charge in [-0.15, -0.1) is 0 Å². The number of carbonyl (C=O) groups is 1. The Labute approximate surface area is 144 Å². The van der Waals surface area contributed by atoms with Gasteiger partial charge in [0.1, 0.15) is 17.7 Å². The van der Waals surface area contributed by atoms with Crippen LogP contribution >= 0.6 is 0 Å². The molecule has 0 aliphatic heterocycles. The van der Waals surface area contributed by atoms with E-state index in [4.69, 9.17) is 5.26 Å². The third-order valence-electron chi connectivity index (χ3n) is 3.88. The van der Waals surface area contributed by atoms with Crippen LogP contribution in [-0.2, 0) is 7.05 Å². The van der Waals surface area contributed by atoms with Gasteiger partial charge in [0.15, 0.2) is 0 Å². The minimum atomic E-state index is -0.732. The zero-order valence-electron chi connectivity index (χ0n) is 13.5. The molecule has 5 nitrogen and oxygen atoms in total. The first-order chi connectivity index (χ1) is 12.1. The number of aromatic nitrogens is 2. The number of nitriles is 1. The van der Waals surface area contributed by atoms with Crippen LogP contribution < -0.4 is 5.32 Å². The molecule has 0 bridgehead atoms. The van der Waals surface area contributed by atoms with Crippen LogP contribution in [0.5, 0.6) is 0 Å². The second-order valence-corrected chi connectivity index (χ2v) is 5.51. The van der Waals surface area contributed by atoms with Crippen molar-refractivity contribution in [3.05, 3.63) is 89.3 Å².